The van der Waals surface area contributed by atoms with Gasteiger partial charge in [-0.25, -0.2) is 0 Å². The Morgan fingerprint density at radius 3 is 1.72 bits per heavy atom. The van der Waals surface area contributed by atoms with E-state index in [-0.39, 0.29) is 29.7 Å². The van der Waals surface area contributed by atoms with Crippen molar-refractivity contribution in [2.24, 2.45) is 23.2 Å². The van der Waals surface area contributed by atoms with E-state index in [9.17, 15) is 13.3 Å². The highest BCUT2D eigenvalue weighted by Gasteiger charge is 2.51. The molecule has 0 N–H and O–H groups in total. The van der Waals surface area contributed by atoms with Gasteiger partial charge in [-0.3, -0.25) is 4.57 Å². The van der Waals surface area contributed by atoms with E-state index >= 15 is 0 Å². The molecule has 36 heavy (non-hydrogen) atoms. The Labute approximate surface area is 215 Å². The molecule has 5 nitrogen and oxygen atoms in total. The smallest absolute Gasteiger partial charge is 0.331 e. The van der Waals surface area contributed by atoms with Gasteiger partial charge in [0, 0.05) is 5.41 Å². The van der Waals surface area contributed by atoms with Crippen LogP contribution in [0.15, 0.2) is 12.1 Å². The fourth-order valence-electron chi connectivity index (χ4n) is 6.82. The van der Waals surface area contributed by atoms with Crippen molar-refractivity contribution in [1.29, 1.82) is 0 Å². The van der Waals surface area contributed by atoms with Gasteiger partial charge in [0.25, 0.3) is 0 Å². The van der Waals surface area contributed by atoms with Crippen molar-refractivity contribution in [3.8, 4) is 11.5 Å². The average molecular weight is 529 g/mol. The summed E-state index contributed by atoms with van der Waals surface area (Å²) in [5, 5.41) is 0. The maximum atomic E-state index is 14.8. The Balaban J connectivity index is 1.31. The van der Waals surface area contributed by atoms with E-state index in [2.05, 4.69) is 0 Å². The van der Waals surface area contributed by atoms with E-state index < -0.39 is 30.4 Å². The molecule has 0 radical (unpaired) electrons. The minimum Gasteiger partial charge on any atom is -0.490 e. The van der Waals surface area contributed by atoms with Crippen LogP contribution in [0.5, 0.6) is 11.5 Å². The SMILES string of the molecule is CC(C)(C)OP(=O)(CCCOc1ccc(OCC23CC4CC(CC(C4)C2)C3)c(F)c1F)OC(C)(C)C. The lowest BCUT2D eigenvalue weighted by Gasteiger charge is -2.56. The lowest BCUT2D eigenvalue weighted by atomic mass is 9.50. The highest BCUT2D eigenvalue weighted by molar-refractivity contribution is 7.53. The molecule has 1 aromatic rings. The first kappa shape index (κ1) is 27.9. The molecule has 8 heteroatoms. The van der Waals surface area contributed by atoms with Crippen molar-refractivity contribution in [2.45, 2.75) is 97.7 Å². The van der Waals surface area contributed by atoms with E-state index in [1.165, 1.54) is 31.4 Å². The zero-order chi connectivity index (χ0) is 26.4. The first-order valence-electron chi connectivity index (χ1n) is 13.4. The number of hydrogen-bond acceptors (Lipinski definition) is 5. The Bertz CT molecular complexity index is 926. The minimum absolute atomic E-state index is 0.0504. The molecule has 0 heterocycles. The van der Waals surface area contributed by atoms with Gasteiger partial charge < -0.3 is 18.5 Å². The van der Waals surface area contributed by atoms with Crippen molar-refractivity contribution in [2.75, 3.05) is 19.4 Å². The molecule has 4 fully saturated rings. The van der Waals surface area contributed by atoms with Crippen LogP contribution in [0.4, 0.5) is 8.78 Å². The van der Waals surface area contributed by atoms with Crippen LogP contribution in [-0.2, 0) is 13.6 Å². The molecular formula is C28H43F2O5P. The van der Waals surface area contributed by atoms with Gasteiger partial charge in [0.2, 0.25) is 11.6 Å². The second-order valence-corrected chi connectivity index (χ2v) is 15.4. The number of benzene rings is 1. The van der Waals surface area contributed by atoms with Crippen LogP contribution < -0.4 is 9.47 Å². The maximum absolute atomic E-state index is 14.8. The third-order valence-electron chi connectivity index (χ3n) is 7.37. The molecule has 4 bridgehead atoms. The largest absolute Gasteiger partial charge is 0.490 e. The van der Waals surface area contributed by atoms with Crippen LogP contribution in [-0.4, -0.2) is 30.6 Å². The number of halogens is 2. The quantitative estimate of drug-likeness (QED) is 0.227. The highest BCUT2D eigenvalue weighted by Crippen LogP contribution is 2.60. The number of hydrogen-bond donors (Lipinski definition) is 0. The van der Waals surface area contributed by atoms with E-state index in [4.69, 9.17) is 18.5 Å². The van der Waals surface area contributed by atoms with Gasteiger partial charge in [0.15, 0.2) is 11.5 Å². The minimum atomic E-state index is -3.41. The molecule has 0 saturated heterocycles. The summed E-state index contributed by atoms with van der Waals surface area (Å²) in [7, 11) is -3.41. The van der Waals surface area contributed by atoms with Gasteiger partial charge in [0.05, 0.1) is 30.6 Å². The summed E-state index contributed by atoms with van der Waals surface area (Å²) in [4.78, 5) is 0. The molecule has 0 amide bonds. The van der Waals surface area contributed by atoms with E-state index in [0.717, 1.165) is 37.0 Å². The predicted octanol–water partition coefficient (Wildman–Crippen LogP) is 8.15. The fourth-order valence-corrected chi connectivity index (χ4v) is 9.22. The monoisotopic (exact) mass is 528 g/mol. The van der Waals surface area contributed by atoms with Gasteiger partial charge in [-0.05, 0) is 116 Å². The summed E-state index contributed by atoms with van der Waals surface area (Å²) < 4.78 is 65.8. The third kappa shape index (κ3) is 7.02. The second-order valence-electron chi connectivity index (χ2n) is 13.3. The topological polar surface area (TPSA) is 54.0 Å². The van der Waals surface area contributed by atoms with Crippen molar-refractivity contribution < 1.29 is 31.9 Å². The summed E-state index contributed by atoms with van der Waals surface area (Å²) in [5.41, 5.74) is -1.18. The molecule has 0 aliphatic heterocycles. The van der Waals surface area contributed by atoms with Crippen LogP contribution >= 0.6 is 7.60 Å². The molecule has 0 unspecified atom stereocenters. The molecule has 204 valence electrons. The van der Waals surface area contributed by atoms with E-state index in [1.807, 2.05) is 41.5 Å². The van der Waals surface area contributed by atoms with Crippen molar-refractivity contribution in [3.63, 3.8) is 0 Å². The molecule has 0 aromatic heterocycles. The third-order valence-corrected chi connectivity index (χ3v) is 9.89. The van der Waals surface area contributed by atoms with E-state index in [1.54, 1.807) is 0 Å². The Kier molecular flexibility index (Phi) is 7.88. The van der Waals surface area contributed by atoms with Crippen molar-refractivity contribution in [1.82, 2.24) is 0 Å². The average Bonchev–Trinajstić information content (AvgIpc) is 2.69. The van der Waals surface area contributed by atoms with Crippen molar-refractivity contribution in [3.05, 3.63) is 23.8 Å². The molecule has 0 atom stereocenters. The van der Waals surface area contributed by atoms with Gasteiger partial charge >= 0.3 is 7.60 Å². The standard InChI is InChI=1S/C28H43F2O5P/c1-26(2,3)34-36(31,35-27(4,5)6)11-7-10-32-22-8-9-23(25(30)24(22)29)33-18-28-15-19-12-20(16-28)14-21(13-19)17-28/h8-9,19-21H,7,10-18H2,1-6H3. The van der Waals surface area contributed by atoms with Gasteiger partial charge in [-0.2, -0.15) is 8.78 Å². The molecule has 4 aliphatic rings. The first-order valence-corrected chi connectivity index (χ1v) is 15.1. The maximum Gasteiger partial charge on any atom is 0.331 e. The van der Waals surface area contributed by atoms with Crippen LogP contribution in [0.3, 0.4) is 0 Å². The van der Waals surface area contributed by atoms with Gasteiger partial charge in [-0.1, -0.05) is 0 Å². The molecular weight excluding hydrogens is 485 g/mol. The lowest BCUT2D eigenvalue weighted by Crippen LogP contribution is -2.48. The van der Waals surface area contributed by atoms with Crippen LogP contribution in [0.1, 0.15) is 86.5 Å². The summed E-state index contributed by atoms with van der Waals surface area (Å²) in [5.74, 6) is 0.00339. The molecule has 1 aromatic carbocycles. The van der Waals surface area contributed by atoms with Gasteiger partial charge in [0.1, 0.15) is 0 Å². The highest BCUT2D eigenvalue weighted by atomic mass is 31.2. The van der Waals surface area contributed by atoms with Crippen LogP contribution in [0, 0.1) is 34.8 Å². The van der Waals surface area contributed by atoms with Crippen molar-refractivity contribution >= 4 is 7.60 Å². The lowest BCUT2D eigenvalue weighted by molar-refractivity contribution is -0.0750. The normalized spacial score (nSPS) is 27.9. The van der Waals surface area contributed by atoms with Crippen LogP contribution in [0.2, 0.25) is 0 Å². The molecule has 0 spiro atoms. The van der Waals surface area contributed by atoms with E-state index in [0.29, 0.717) is 13.0 Å². The first-order chi connectivity index (χ1) is 16.6. The summed E-state index contributed by atoms with van der Waals surface area (Å²) in [6, 6.07) is 2.86. The predicted molar refractivity (Wildman–Crippen MR) is 137 cm³/mol. The molecule has 5 rings (SSSR count). The zero-order valence-electron chi connectivity index (χ0n) is 22.7. The Hall–Kier alpha value is -1.17. The van der Waals surface area contributed by atoms with Crippen LogP contribution in [0.25, 0.3) is 0 Å². The zero-order valence-corrected chi connectivity index (χ0v) is 23.6. The molecule has 4 aliphatic carbocycles. The molecule has 4 saturated carbocycles. The second kappa shape index (κ2) is 10.2. The summed E-state index contributed by atoms with van der Waals surface area (Å²) in [6.45, 7) is 11.4. The van der Waals surface area contributed by atoms with Gasteiger partial charge in [-0.15, -0.1) is 0 Å². The summed E-state index contributed by atoms with van der Waals surface area (Å²) in [6.07, 6.45) is 7.83. The fraction of sp³-hybridized carbons (Fsp3) is 0.786. The Morgan fingerprint density at radius 2 is 1.28 bits per heavy atom. The Morgan fingerprint density at radius 1 is 0.833 bits per heavy atom. The summed E-state index contributed by atoms with van der Waals surface area (Å²) >= 11 is 0. The number of rotatable bonds is 10. The number of ether oxygens (including phenoxy) is 2.